The van der Waals surface area contributed by atoms with Gasteiger partial charge in [-0.25, -0.2) is 4.98 Å². The van der Waals surface area contributed by atoms with Crippen molar-refractivity contribution in [2.75, 3.05) is 36.4 Å². The highest BCUT2D eigenvalue weighted by molar-refractivity contribution is 5.75. The fraction of sp³-hybridized carbons (Fsp3) is 0.519. The van der Waals surface area contributed by atoms with E-state index >= 15 is 0 Å². The Hall–Kier alpha value is -3.53. The van der Waals surface area contributed by atoms with Crippen LogP contribution in [-0.4, -0.2) is 66.3 Å². The van der Waals surface area contributed by atoms with Crippen LogP contribution >= 0.6 is 0 Å². The first-order valence-corrected chi connectivity index (χ1v) is 13.7. The quantitative estimate of drug-likeness (QED) is 0.443. The van der Waals surface area contributed by atoms with Crippen molar-refractivity contribution in [1.82, 2.24) is 34.0 Å². The van der Waals surface area contributed by atoms with Gasteiger partial charge in [0.25, 0.3) is 5.56 Å². The third-order valence-corrected chi connectivity index (χ3v) is 8.53. The predicted octanol–water partition coefficient (Wildman–Crippen LogP) is 3.76. The van der Waals surface area contributed by atoms with Crippen molar-refractivity contribution in [1.29, 1.82) is 0 Å². The van der Waals surface area contributed by atoms with Crippen molar-refractivity contribution in [2.24, 2.45) is 0 Å². The van der Waals surface area contributed by atoms with Crippen LogP contribution in [0.1, 0.15) is 57.4 Å². The van der Waals surface area contributed by atoms with E-state index in [0.717, 1.165) is 69.1 Å². The Labute approximate surface area is 215 Å². The monoisotopic (exact) mass is 499 g/mol. The molecule has 10 heteroatoms. The van der Waals surface area contributed by atoms with Crippen LogP contribution in [0.25, 0.3) is 16.8 Å². The van der Waals surface area contributed by atoms with Crippen LogP contribution in [0, 0.1) is 0 Å². The number of fused-ring (bicyclic) bond motifs is 3. The zero-order valence-electron chi connectivity index (χ0n) is 21.1. The summed E-state index contributed by atoms with van der Waals surface area (Å²) < 4.78 is 3.50. The molecule has 2 aliphatic carbocycles. The number of anilines is 3. The summed E-state index contributed by atoms with van der Waals surface area (Å²) in [4.78, 5) is 27.8. The van der Waals surface area contributed by atoms with E-state index < -0.39 is 0 Å². The summed E-state index contributed by atoms with van der Waals surface area (Å²) in [5.41, 5.74) is 3.72. The Morgan fingerprint density at radius 3 is 2.27 bits per heavy atom. The average Bonchev–Trinajstić information content (AvgIpc) is 3.73. The molecule has 10 nitrogen and oxygen atoms in total. The molecule has 0 bridgehead atoms. The molecule has 0 radical (unpaired) electrons. The topological polar surface area (TPSA) is 96.5 Å². The molecule has 0 spiro atoms. The average molecular weight is 500 g/mol. The molecule has 3 aromatic heterocycles. The summed E-state index contributed by atoms with van der Waals surface area (Å²) in [5, 5.41) is 11.4. The van der Waals surface area contributed by atoms with Crippen LogP contribution in [0.15, 0.2) is 41.6 Å². The molecular formula is C27H33N9O. The fourth-order valence-corrected chi connectivity index (χ4v) is 6.54. The van der Waals surface area contributed by atoms with Gasteiger partial charge in [-0.05, 0) is 49.9 Å². The van der Waals surface area contributed by atoms with E-state index in [1.807, 2.05) is 4.57 Å². The van der Waals surface area contributed by atoms with Gasteiger partial charge < -0.3 is 10.2 Å². The van der Waals surface area contributed by atoms with Gasteiger partial charge in [-0.15, -0.1) is 10.2 Å². The first-order valence-electron chi connectivity index (χ1n) is 13.7. The lowest BCUT2D eigenvalue weighted by molar-refractivity contribution is 0.187. The molecule has 0 unspecified atom stereocenters. The maximum absolute atomic E-state index is 13.3. The third kappa shape index (κ3) is 4.13. The number of benzene rings is 1. The molecule has 192 valence electrons. The predicted molar refractivity (Wildman–Crippen MR) is 144 cm³/mol. The molecule has 1 saturated heterocycles. The molecule has 4 heterocycles. The summed E-state index contributed by atoms with van der Waals surface area (Å²) in [6.07, 6.45) is 13.0. The van der Waals surface area contributed by atoms with Gasteiger partial charge in [-0.1, -0.05) is 25.7 Å². The molecule has 0 amide bonds. The Morgan fingerprint density at radius 2 is 1.54 bits per heavy atom. The number of rotatable bonds is 5. The van der Waals surface area contributed by atoms with Crippen molar-refractivity contribution in [2.45, 2.75) is 63.5 Å². The lowest BCUT2D eigenvalue weighted by Crippen LogP contribution is -2.49. The van der Waals surface area contributed by atoms with Crippen LogP contribution < -0.4 is 15.8 Å². The van der Waals surface area contributed by atoms with Gasteiger partial charge in [0.1, 0.15) is 11.8 Å². The second kappa shape index (κ2) is 9.41. The second-order valence-electron chi connectivity index (χ2n) is 10.7. The van der Waals surface area contributed by atoms with Crippen LogP contribution in [0.4, 0.5) is 17.3 Å². The van der Waals surface area contributed by atoms with E-state index in [9.17, 15) is 4.79 Å². The lowest BCUT2D eigenvalue weighted by Gasteiger charge is -2.39. The van der Waals surface area contributed by atoms with Crippen LogP contribution in [0.3, 0.4) is 0 Å². The number of hydrogen-bond acceptors (Lipinski definition) is 8. The molecule has 0 atom stereocenters. The van der Waals surface area contributed by atoms with Crippen molar-refractivity contribution in [3.63, 3.8) is 0 Å². The highest BCUT2D eigenvalue weighted by Crippen LogP contribution is 2.31. The van der Waals surface area contributed by atoms with Crippen molar-refractivity contribution >= 4 is 34.1 Å². The van der Waals surface area contributed by atoms with Gasteiger partial charge in [-0.3, -0.25) is 18.7 Å². The number of piperazine rings is 1. The van der Waals surface area contributed by atoms with Crippen LogP contribution in [-0.2, 0) is 0 Å². The van der Waals surface area contributed by atoms with Gasteiger partial charge >= 0.3 is 0 Å². The first-order chi connectivity index (χ1) is 18.2. The number of nitrogens with zero attached hydrogens (tertiary/aromatic N) is 8. The summed E-state index contributed by atoms with van der Waals surface area (Å²) in [5.74, 6) is 0.476. The van der Waals surface area contributed by atoms with Gasteiger partial charge in [0.2, 0.25) is 11.6 Å². The van der Waals surface area contributed by atoms with Gasteiger partial charge in [0.15, 0.2) is 5.65 Å². The Bertz CT molecular complexity index is 1460. The van der Waals surface area contributed by atoms with Gasteiger partial charge in [-0.2, -0.15) is 4.98 Å². The Balaban J connectivity index is 1.12. The van der Waals surface area contributed by atoms with Gasteiger partial charge in [0, 0.05) is 49.6 Å². The van der Waals surface area contributed by atoms with Crippen LogP contribution in [0.2, 0.25) is 0 Å². The van der Waals surface area contributed by atoms with E-state index in [-0.39, 0.29) is 11.6 Å². The first kappa shape index (κ1) is 22.7. The third-order valence-electron chi connectivity index (χ3n) is 8.53. The standard InChI is InChI=1S/C27H33N9O/c37-26-25-32-29-18-35(25)23-17-28-27(31-24(23)36(26)22-7-3-4-8-22)30-19-9-11-21(12-10-19)34-15-13-33(14-16-34)20-5-1-2-6-20/h9-12,17-18,20,22H,1-8,13-16H2,(H,28,30,31). The minimum Gasteiger partial charge on any atom is -0.369 e. The summed E-state index contributed by atoms with van der Waals surface area (Å²) in [6, 6.07) is 9.45. The lowest BCUT2D eigenvalue weighted by atomic mass is 10.1. The van der Waals surface area contributed by atoms with Gasteiger partial charge in [0.05, 0.1) is 6.20 Å². The number of nitrogens with one attached hydrogen (secondary N) is 1. The summed E-state index contributed by atoms with van der Waals surface area (Å²) in [7, 11) is 0. The Morgan fingerprint density at radius 1 is 0.838 bits per heavy atom. The summed E-state index contributed by atoms with van der Waals surface area (Å²) in [6.45, 7) is 4.46. The largest absolute Gasteiger partial charge is 0.369 e. The fourth-order valence-electron chi connectivity index (χ4n) is 6.54. The van der Waals surface area contributed by atoms with E-state index in [2.05, 4.69) is 54.6 Å². The van der Waals surface area contributed by atoms with E-state index in [4.69, 9.17) is 4.98 Å². The molecule has 37 heavy (non-hydrogen) atoms. The van der Waals surface area contributed by atoms with Crippen molar-refractivity contribution in [3.8, 4) is 0 Å². The second-order valence-corrected chi connectivity index (χ2v) is 10.7. The minimum atomic E-state index is -0.140. The zero-order valence-corrected chi connectivity index (χ0v) is 21.1. The van der Waals surface area contributed by atoms with E-state index in [1.165, 1.54) is 31.4 Å². The molecule has 1 aliphatic heterocycles. The molecule has 7 rings (SSSR count). The molecule has 1 N–H and O–H groups in total. The number of hydrogen-bond donors (Lipinski definition) is 1. The molecule has 1 aromatic carbocycles. The van der Waals surface area contributed by atoms with Crippen molar-refractivity contribution in [3.05, 3.63) is 47.1 Å². The Kier molecular flexibility index (Phi) is 5.76. The normalized spacial score (nSPS) is 19.9. The highest BCUT2D eigenvalue weighted by Gasteiger charge is 2.26. The molecule has 4 aromatic rings. The maximum atomic E-state index is 13.3. The van der Waals surface area contributed by atoms with E-state index in [0.29, 0.717) is 17.2 Å². The van der Waals surface area contributed by atoms with Crippen LogP contribution in [0.5, 0.6) is 0 Å². The van der Waals surface area contributed by atoms with Crippen molar-refractivity contribution < 1.29 is 0 Å². The highest BCUT2D eigenvalue weighted by atomic mass is 16.1. The molecule has 3 aliphatic rings. The summed E-state index contributed by atoms with van der Waals surface area (Å²) >= 11 is 0. The maximum Gasteiger partial charge on any atom is 0.298 e. The molecule has 3 fully saturated rings. The smallest absolute Gasteiger partial charge is 0.298 e. The zero-order chi connectivity index (χ0) is 24.8. The molecule has 2 saturated carbocycles. The number of aromatic nitrogens is 6. The SMILES string of the molecule is O=c1c2nncn2c2cnc(Nc3ccc(N4CCN(C5CCCC5)CC4)cc3)nc2n1C1CCCC1. The molecular weight excluding hydrogens is 466 g/mol. The minimum absolute atomic E-state index is 0.132. The van der Waals surface area contributed by atoms with E-state index in [1.54, 1.807) is 16.9 Å².